The van der Waals surface area contributed by atoms with Crippen LogP contribution in [-0.2, 0) is 0 Å². The molecule has 0 fully saturated rings. The molecule has 4 aromatic rings. The van der Waals surface area contributed by atoms with Gasteiger partial charge < -0.3 is 20.6 Å². The van der Waals surface area contributed by atoms with Crippen LogP contribution in [0.3, 0.4) is 0 Å². The number of rotatable bonds is 2. The molecule has 1 aromatic heterocycles. The van der Waals surface area contributed by atoms with E-state index in [1.165, 1.54) is 0 Å². The highest BCUT2D eigenvalue weighted by molar-refractivity contribution is 6.06. The first-order chi connectivity index (χ1) is 11.7. The van der Waals surface area contributed by atoms with Crippen LogP contribution >= 0.6 is 0 Å². The van der Waals surface area contributed by atoms with Crippen molar-refractivity contribution in [2.45, 2.75) is 0 Å². The summed E-state index contributed by atoms with van der Waals surface area (Å²) >= 11 is 0. The number of H-pyrrole nitrogens is 2. The van der Waals surface area contributed by atoms with Gasteiger partial charge in [-0.15, -0.1) is 0 Å². The molecule has 0 radical (unpaired) electrons. The van der Waals surface area contributed by atoms with Crippen LogP contribution in [0, 0.1) is 0 Å². The third kappa shape index (κ3) is 2.61. The van der Waals surface area contributed by atoms with Crippen molar-refractivity contribution >= 4 is 39.2 Å². The average Bonchev–Trinajstić information content (AvgIpc) is 2.94. The third-order valence-corrected chi connectivity index (χ3v) is 3.81. The Hall–Kier alpha value is -3.54. The molecule has 0 aliphatic heterocycles. The van der Waals surface area contributed by atoms with Gasteiger partial charge in [-0.1, -0.05) is 36.4 Å². The quantitative estimate of drug-likeness (QED) is 0.454. The molecule has 0 saturated heterocycles. The molecule has 0 aliphatic rings. The van der Waals surface area contributed by atoms with E-state index in [-0.39, 0.29) is 11.7 Å². The Kier molecular flexibility index (Phi) is 3.28. The highest BCUT2D eigenvalue weighted by Crippen LogP contribution is 2.23. The molecule has 0 bridgehead atoms. The second-order valence-corrected chi connectivity index (χ2v) is 5.45. The molecular formula is C18H14N4O2. The van der Waals surface area contributed by atoms with Crippen LogP contribution in [0.15, 0.2) is 65.5 Å². The summed E-state index contributed by atoms with van der Waals surface area (Å²) in [6, 6.07) is 18.4. The van der Waals surface area contributed by atoms with E-state index in [1.807, 2.05) is 42.5 Å². The lowest BCUT2D eigenvalue weighted by molar-refractivity contribution is 0.262. The Morgan fingerprint density at radius 3 is 2.54 bits per heavy atom. The van der Waals surface area contributed by atoms with Gasteiger partial charge in [0.25, 0.3) is 0 Å². The Morgan fingerprint density at radius 2 is 1.62 bits per heavy atom. The maximum atomic E-state index is 12.3. The highest BCUT2D eigenvalue weighted by atomic mass is 16.2. The lowest BCUT2D eigenvalue weighted by Crippen LogP contribution is -2.19. The van der Waals surface area contributed by atoms with Crippen LogP contribution in [0.2, 0.25) is 0 Å². The summed E-state index contributed by atoms with van der Waals surface area (Å²) in [6.07, 6.45) is 0. The molecule has 0 unspecified atom stereocenters. The van der Waals surface area contributed by atoms with E-state index in [1.54, 1.807) is 18.2 Å². The molecular weight excluding hydrogens is 304 g/mol. The maximum Gasteiger partial charge on any atom is 0.323 e. The molecule has 4 rings (SSSR count). The van der Waals surface area contributed by atoms with Crippen molar-refractivity contribution in [2.75, 3.05) is 10.6 Å². The van der Waals surface area contributed by atoms with Gasteiger partial charge in [-0.3, -0.25) is 0 Å². The average molecular weight is 318 g/mol. The number of aromatic amines is 2. The van der Waals surface area contributed by atoms with E-state index >= 15 is 0 Å². The Morgan fingerprint density at radius 1 is 0.833 bits per heavy atom. The van der Waals surface area contributed by atoms with Crippen molar-refractivity contribution in [3.63, 3.8) is 0 Å². The molecule has 4 N–H and O–H groups in total. The zero-order valence-corrected chi connectivity index (χ0v) is 12.6. The molecule has 2 amide bonds. The smallest absolute Gasteiger partial charge is 0.308 e. The van der Waals surface area contributed by atoms with E-state index in [0.29, 0.717) is 16.7 Å². The number of carbonyl (C=O) groups excluding carboxylic acids is 1. The van der Waals surface area contributed by atoms with Crippen molar-refractivity contribution in [3.05, 3.63) is 71.1 Å². The van der Waals surface area contributed by atoms with Gasteiger partial charge >= 0.3 is 11.7 Å². The predicted molar refractivity (Wildman–Crippen MR) is 95.5 cm³/mol. The highest BCUT2D eigenvalue weighted by Gasteiger charge is 2.07. The van der Waals surface area contributed by atoms with E-state index in [9.17, 15) is 9.59 Å². The Balaban J connectivity index is 1.58. The van der Waals surface area contributed by atoms with E-state index < -0.39 is 0 Å². The first kappa shape index (κ1) is 14.1. The number of imidazole rings is 1. The van der Waals surface area contributed by atoms with Crippen LogP contribution in [-0.4, -0.2) is 16.0 Å². The normalized spacial score (nSPS) is 10.8. The second kappa shape index (κ2) is 5.58. The number of amides is 2. The summed E-state index contributed by atoms with van der Waals surface area (Å²) in [5.74, 6) is 0. The van der Waals surface area contributed by atoms with Crippen molar-refractivity contribution in [1.82, 2.24) is 9.97 Å². The fourth-order valence-electron chi connectivity index (χ4n) is 2.73. The topological polar surface area (TPSA) is 89.8 Å². The lowest BCUT2D eigenvalue weighted by Gasteiger charge is -2.10. The molecule has 0 aliphatic carbocycles. The van der Waals surface area contributed by atoms with E-state index in [0.717, 1.165) is 16.5 Å². The molecule has 0 atom stereocenters. The molecule has 6 heteroatoms. The monoisotopic (exact) mass is 318 g/mol. The molecule has 3 aromatic carbocycles. The lowest BCUT2D eigenvalue weighted by atomic mass is 10.1. The van der Waals surface area contributed by atoms with Crippen molar-refractivity contribution in [1.29, 1.82) is 0 Å². The van der Waals surface area contributed by atoms with Gasteiger partial charge in [0.1, 0.15) is 0 Å². The molecule has 118 valence electrons. The van der Waals surface area contributed by atoms with Gasteiger partial charge in [-0.2, -0.15) is 0 Å². The second-order valence-electron chi connectivity index (χ2n) is 5.45. The number of hydrogen-bond acceptors (Lipinski definition) is 2. The number of fused-ring (bicyclic) bond motifs is 2. The van der Waals surface area contributed by atoms with Crippen LogP contribution in [0.1, 0.15) is 0 Å². The largest absolute Gasteiger partial charge is 0.323 e. The zero-order valence-electron chi connectivity index (χ0n) is 12.6. The number of anilines is 2. The summed E-state index contributed by atoms with van der Waals surface area (Å²) in [5.41, 5.74) is 2.39. The van der Waals surface area contributed by atoms with Gasteiger partial charge in [-0.25, -0.2) is 9.59 Å². The first-order valence-corrected chi connectivity index (χ1v) is 7.47. The van der Waals surface area contributed by atoms with Crippen LogP contribution in [0.25, 0.3) is 21.8 Å². The number of aromatic nitrogens is 2. The zero-order chi connectivity index (χ0) is 16.5. The molecule has 24 heavy (non-hydrogen) atoms. The Bertz CT molecular complexity index is 1110. The van der Waals surface area contributed by atoms with Crippen LogP contribution in [0.5, 0.6) is 0 Å². The number of benzene rings is 3. The van der Waals surface area contributed by atoms with E-state index in [4.69, 9.17) is 0 Å². The summed E-state index contributed by atoms with van der Waals surface area (Å²) < 4.78 is 0. The summed E-state index contributed by atoms with van der Waals surface area (Å²) in [7, 11) is 0. The van der Waals surface area contributed by atoms with E-state index in [2.05, 4.69) is 20.6 Å². The minimum atomic E-state index is -0.344. The number of carbonyl (C=O) groups is 1. The fourth-order valence-corrected chi connectivity index (χ4v) is 2.73. The van der Waals surface area contributed by atoms with Gasteiger partial charge in [0.05, 0.1) is 16.7 Å². The summed E-state index contributed by atoms with van der Waals surface area (Å²) in [5, 5.41) is 7.66. The van der Waals surface area contributed by atoms with Gasteiger partial charge in [0, 0.05) is 11.1 Å². The maximum absolute atomic E-state index is 12.3. The Labute approximate surface area is 136 Å². The predicted octanol–water partition coefficient (Wildman–Crippen LogP) is 3.65. The fraction of sp³-hybridized carbons (Fsp3) is 0. The molecule has 0 saturated carbocycles. The van der Waals surface area contributed by atoms with Crippen molar-refractivity contribution < 1.29 is 4.79 Å². The SMILES string of the molecule is O=C(Nc1ccc2[nH]c(=O)[nH]c2c1)Nc1cccc2ccccc12. The number of urea groups is 1. The van der Waals surface area contributed by atoms with Crippen LogP contribution in [0.4, 0.5) is 16.2 Å². The molecule has 0 spiro atoms. The summed E-state index contributed by atoms with van der Waals surface area (Å²) in [4.78, 5) is 28.9. The van der Waals surface area contributed by atoms with Gasteiger partial charge in [0.2, 0.25) is 0 Å². The van der Waals surface area contributed by atoms with Gasteiger partial charge in [-0.05, 0) is 29.7 Å². The number of hydrogen-bond donors (Lipinski definition) is 4. The standard InChI is InChI=1S/C18H14N4O2/c23-17(19-12-8-9-15-16(10-12)22-18(24)21-15)20-14-7-3-5-11-4-1-2-6-13(11)14/h1-10H,(H2,19,20,23)(H2,21,22,24). The van der Waals surface area contributed by atoms with Gasteiger partial charge in [0.15, 0.2) is 0 Å². The van der Waals surface area contributed by atoms with Crippen LogP contribution < -0.4 is 16.3 Å². The molecule has 6 nitrogen and oxygen atoms in total. The third-order valence-electron chi connectivity index (χ3n) is 3.81. The summed E-state index contributed by atoms with van der Waals surface area (Å²) in [6.45, 7) is 0. The minimum Gasteiger partial charge on any atom is -0.308 e. The number of nitrogens with one attached hydrogen (secondary N) is 4. The minimum absolute atomic E-state index is 0.276. The van der Waals surface area contributed by atoms with Crippen molar-refractivity contribution in [2.24, 2.45) is 0 Å². The first-order valence-electron chi connectivity index (χ1n) is 7.47. The van der Waals surface area contributed by atoms with Crippen molar-refractivity contribution in [3.8, 4) is 0 Å². The molecule has 1 heterocycles.